The third-order valence-electron chi connectivity index (χ3n) is 3.41. The Hall–Kier alpha value is -2.79. The zero-order valence-corrected chi connectivity index (χ0v) is 13.1. The molecule has 0 fully saturated rings. The molecule has 0 unspecified atom stereocenters. The molecule has 2 aromatic carbocycles. The first kappa shape index (κ1) is 16.1. The maximum atomic E-state index is 13.6. The number of carbonyl (C=O) groups excluding carboxylic acids is 2. The smallest absolute Gasteiger partial charge is 0.339 e. The molecular formula is C18H11ClFNO3. The van der Waals surface area contributed by atoms with Crippen LogP contribution in [0.5, 0.6) is 0 Å². The molecular weight excluding hydrogens is 333 g/mol. The molecule has 0 radical (unpaired) electrons. The van der Waals surface area contributed by atoms with Gasteiger partial charge in [-0.05, 0) is 24.3 Å². The Bertz CT molecular complexity index is 942. The van der Waals surface area contributed by atoms with E-state index in [-0.39, 0.29) is 16.3 Å². The monoisotopic (exact) mass is 343 g/mol. The van der Waals surface area contributed by atoms with Crippen LogP contribution in [0.4, 0.5) is 4.39 Å². The standard InChI is InChI=1S/C18H11ClFNO3/c19-17-9-13(11-5-2-4-8-15(11)21-17)18(23)24-10-16(22)12-6-1-3-7-14(12)20/h1-9H,10H2. The van der Waals surface area contributed by atoms with Crippen LogP contribution in [0.1, 0.15) is 20.7 Å². The summed E-state index contributed by atoms with van der Waals surface area (Å²) in [6.45, 7) is -0.561. The Labute approximate surface area is 141 Å². The molecule has 0 atom stereocenters. The second-order valence-electron chi connectivity index (χ2n) is 4.99. The number of fused-ring (bicyclic) bond motifs is 1. The van der Waals surface area contributed by atoms with E-state index < -0.39 is 24.2 Å². The maximum absolute atomic E-state index is 13.6. The van der Waals surface area contributed by atoms with Gasteiger partial charge in [-0.3, -0.25) is 4.79 Å². The number of halogens is 2. The van der Waals surface area contributed by atoms with Crippen LogP contribution in [-0.2, 0) is 4.74 Å². The second-order valence-corrected chi connectivity index (χ2v) is 5.38. The number of pyridine rings is 1. The largest absolute Gasteiger partial charge is 0.454 e. The van der Waals surface area contributed by atoms with Gasteiger partial charge in [-0.2, -0.15) is 0 Å². The van der Waals surface area contributed by atoms with Gasteiger partial charge >= 0.3 is 5.97 Å². The minimum absolute atomic E-state index is 0.122. The van der Waals surface area contributed by atoms with Crippen LogP contribution in [0.2, 0.25) is 5.15 Å². The quantitative estimate of drug-likeness (QED) is 0.407. The highest BCUT2D eigenvalue weighted by molar-refractivity contribution is 6.30. The molecule has 24 heavy (non-hydrogen) atoms. The molecule has 0 spiro atoms. The summed E-state index contributed by atoms with van der Waals surface area (Å²) in [6, 6.07) is 13.8. The molecule has 120 valence electrons. The summed E-state index contributed by atoms with van der Waals surface area (Å²) in [5.74, 6) is -2.00. The Morgan fingerprint density at radius 2 is 1.75 bits per heavy atom. The molecule has 0 aliphatic heterocycles. The topological polar surface area (TPSA) is 56.3 Å². The number of aromatic nitrogens is 1. The Morgan fingerprint density at radius 1 is 1.04 bits per heavy atom. The van der Waals surface area contributed by atoms with E-state index in [4.69, 9.17) is 16.3 Å². The van der Waals surface area contributed by atoms with E-state index in [1.807, 2.05) is 0 Å². The average molecular weight is 344 g/mol. The first-order chi connectivity index (χ1) is 11.6. The number of carbonyl (C=O) groups is 2. The van der Waals surface area contributed by atoms with Gasteiger partial charge in [0, 0.05) is 5.39 Å². The van der Waals surface area contributed by atoms with E-state index in [1.165, 1.54) is 30.3 Å². The predicted molar refractivity (Wildman–Crippen MR) is 87.8 cm³/mol. The molecule has 0 saturated carbocycles. The van der Waals surface area contributed by atoms with Gasteiger partial charge < -0.3 is 4.74 Å². The number of ketones is 1. The fraction of sp³-hybridized carbons (Fsp3) is 0.0556. The SMILES string of the molecule is O=C(COC(=O)c1cc(Cl)nc2ccccc12)c1ccccc1F. The summed E-state index contributed by atoms with van der Waals surface area (Å²) in [4.78, 5) is 28.4. The number of para-hydroxylation sites is 1. The first-order valence-corrected chi connectivity index (χ1v) is 7.44. The Kier molecular flexibility index (Phi) is 4.53. The third kappa shape index (κ3) is 3.26. The molecule has 3 aromatic rings. The molecule has 0 aliphatic rings. The lowest BCUT2D eigenvalue weighted by Crippen LogP contribution is -2.15. The second kappa shape index (κ2) is 6.76. The minimum atomic E-state index is -0.722. The molecule has 0 amide bonds. The van der Waals surface area contributed by atoms with Crippen molar-refractivity contribution in [2.75, 3.05) is 6.61 Å². The van der Waals surface area contributed by atoms with E-state index >= 15 is 0 Å². The molecule has 1 heterocycles. The molecule has 0 saturated heterocycles. The summed E-state index contributed by atoms with van der Waals surface area (Å²) in [6.07, 6.45) is 0. The fourth-order valence-electron chi connectivity index (χ4n) is 2.29. The number of hydrogen-bond acceptors (Lipinski definition) is 4. The molecule has 3 rings (SSSR count). The Morgan fingerprint density at radius 3 is 2.54 bits per heavy atom. The van der Waals surface area contributed by atoms with Crippen molar-refractivity contribution in [1.29, 1.82) is 0 Å². The summed E-state index contributed by atoms with van der Waals surface area (Å²) in [5, 5.41) is 0.700. The zero-order valence-electron chi connectivity index (χ0n) is 12.3. The van der Waals surface area contributed by atoms with E-state index in [0.29, 0.717) is 10.9 Å². The van der Waals surface area contributed by atoms with Crippen molar-refractivity contribution in [2.45, 2.75) is 0 Å². The summed E-state index contributed by atoms with van der Waals surface area (Å²) in [7, 11) is 0. The molecule has 1 aromatic heterocycles. The van der Waals surface area contributed by atoms with Gasteiger partial charge in [0.15, 0.2) is 6.61 Å². The molecule has 0 N–H and O–H groups in total. The first-order valence-electron chi connectivity index (χ1n) is 7.06. The van der Waals surface area contributed by atoms with E-state index in [1.54, 1.807) is 24.3 Å². The highest BCUT2D eigenvalue weighted by Gasteiger charge is 2.17. The Balaban J connectivity index is 1.81. The van der Waals surface area contributed by atoms with Crippen LogP contribution in [0.3, 0.4) is 0 Å². The molecule has 6 heteroatoms. The van der Waals surface area contributed by atoms with Crippen LogP contribution in [0.25, 0.3) is 10.9 Å². The third-order valence-corrected chi connectivity index (χ3v) is 3.61. The van der Waals surface area contributed by atoms with Gasteiger partial charge in [-0.25, -0.2) is 14.2 Å². The molecule has 0 bridgehead atoms. The fourth-order valence-corrected chi connectivity index (χ4v) is 2.49. The van der Waals surface area contributed by atoms with Crippen molar-refractivity contribution in [3.8, 4) is 0 Å². The summed E-state index contributed by atoms with van der Waals surface area (Å²) < 4.78 is 18.6. The average Bonchev–Trinajstić information content (AvgIpc) is 2.59. The van der Waals surface area contributed by atoms with Crippen LogP contribution >= 0.6 is 11.6 Å². The zero-order chi connectivity index (χ0) is 17.1. The number of rotatable bonds is 4. The number of nitrogens with zero attached hydrogens (tertiary/aromatic N) is 1. The number of benzene rings is 2. The molecule has 0 aliphatic carbocycles. The summed E-state index contributed by atoms with van der Waals surface area (Å²) in [5.41, 5.74) is 0.618. The van der Waals surface area contributed by atoms with E-state index in [9.17, 15) is 14.0 Å². The van der Waals surface area contributed by atoms with Crippen molar-refractivity contribution in [3.63, 3.8) is 0 Å². The van der Waals surface area contributed by atoms with Gasteiger partial charge in [-0.15, -0.1) is 0 Å². The number of hydrogen-bond donors (Lipinski definition) is 0. The van der Waals surface area contributed by atoms with E-state index in [2.05, 4.69) is 4.98 Å². The van der Waals surface area contributed by atoms with Gasteiger partial charge in [0.2, 0.25) is 5.78 Å². The normalized spacial score (nSPS) is 10.6. The predicted octanol–water partition coefficient (Wildman–Crippen LogP) is 4.07. The van der Waals surface area contributed by atoms with Crippen LogP contribution in [0, 0.1) is 5.82 Å². The van der Waals surface area contributed by atoms with Crippen molar-refractivity contribution < 1.29 is 18.7 Å². The van der Waals surface area contributed by atoms with Crippen LogP contribution in [0.15, 0.2) is 54.6 Å². The number of ether oxygens (including phenoxy) is 1. The van der Waals surface area contributed by atoms with Crippen molar-refractivity contribution in [1.82, 2.24) is 4.98 Å². The van der Waals surface area contributed by atoms with Gasteiger partial charge in [0.05, 0.1) is 16.6 Å². The van der Waals surface area contributed by atoms with Crippen LogP contribution in [-0.4, -0.2) is 23.3 Å². The van der Waals surface area contributed by atoms with Gasteiger partial charge in [-0.1, -0.05) is 41.9 Å². The molecule has 4 nitrogen and oxygen atoms in total. The van der Waals surface area contributed by atoms with Crippen molar-refractivity contribution >= 4 is 34.3 Å². The van der Waals surface area contributed by atoms with Gasteiger partial charge in [0.1, 0.15) is 11.0 Å². The van der Waals surface area contributed by atoms with Crippen molar-refractivity contribution in [3.05, 3.63) is 76.7 Å². The number of Topliss-reactive ketones (excluding diaryl/α,β-unsaturated/α-hetero) is 1. The lowest BCUT2D eigenvalue weighted by atomic mass is 10.1. The summed E-state index contributed by atoms with van der Waals surface area (Å²) >= 11 is 5.91. The van der Waals surface area contributed by atoms with E-state index in [0.717, 1.165) is 0 Å². The highest BCUT2D eigenvalue weighted by atomic mass is 35.5. The van der Waals surface area contributed by atoms with Crippen molar-refractivity contribution in [2.24, 2.45) is 0 Å². The number of esters is 1. The minimum Gasteiger partial charge on any atom is -0.454 e. The lowest BCUT2D eigenvalue weighted by Gasteiger charge is -2.08. The maximum Gasteiger partial charge on any atom is 0.339 e. The van der Waals surface area contributed by atoms with Gasteiger partial charge in [0.25, 0.3) is 0 Å². The highest BCUT2D eigenvalue weighted by Crippen LogP contribution is 2.21. The van der Waals surface area contributed by atoms with Crippen LogP contribution < -0.4 is 0 Å². The lowest BCUT2D eigenvalue weighted by molar-refractivity contribution is 0.0475.